The Morgan fingerprint density at radius 1 is 1.08 bits per heavy atom. The van der Waals surface area contributed by atoms with Gasteiger partial charge in [-0.1, -0.05) is 6.07 Å². The molecule has 1 atom stereocenters. The summed E-state index contributed by atoms with van der Waals surface area (Å²) in [6.07, 6.45) is 2.83. The van der Waals surface area contributed by atoms with Gasteiger partial charge in [-0.25, -0.2) is 4.79 Å². The van der Waals surface area contributed by atoms with Crippen molar-refractivity contribution in [1.29, 1.82) is 0 Å². The molecular formula is C27H23BrN2O6. The molecule has 1 aliphatic rings. The van der Waals surface area contributed by atoms with Crippen molar-refractivity contribution in [1.82, 2.24) is 4.98 Å². The number of methoxy groups -OCH3 is 1. The Balaban J connectivity index is 1.83. The molecule has 1 aromatic heterocycles. The average Bonchev–Trinajstić information content (AvgIpc) is 3.14. The van der Waals surface area contributed by atoms with Crippen LogP contribution in [-0.4, -0.2) is 41.0 Å². The zero-order valence-electron chi connectivity index (χ0n) is 19.8. The number of esters is 1. The Morgan fingerprint density at radius 3 is 2.36 bits per heavy atom. The normalized spacial score (nSPS) is 16.9. The minimum absolute atomic E-state index is 0.0756. The maximum absolute atomic E-state index is 13.3. The number of nitrogens with zero attached hydrogens (tertiary/aromatic N) is 2. The van der Waals surface area contributed by atoms with Crippen molar-refractivity contribution in [3.63, 3.8) is 0 Å². The molecule has 2 aromatic carbocycles. The van der Waals surface area contributed by atoms with E-state index < -0.39 is 23.7 Å². The molecule has 1 saturated heterocycles. The van der Waals surface area contributed by atoms with Crippen LogP contribution in [0.2, 0.25) is 0 Å². The van der Waals surface area contributed by atoms with E-state index in [1.165, 1.54) is 30.3 Å². The number of aliphatic hydroxyl groups excluding tert-OH is 1. The van der Waals surface area contributed by atoms with Gasteiger partial charge < -0.3 is 14.6 Å². The highest BCUT2D eigenvalue weighted by Crippen LogP contribution is 2.42. The van der Waals surface area contributed by atoms with E-state index in [0.717, 1.165) is 0 Å². The number of ketones is 1. The van der Waals surface area contributed by atoms with E-state index >= 15 is 0 Å². The van der Waals surface area contributed by atoms with Crippen LogP contribution >= 0.6 is 15.9 Å². The van der Waals surface area contributed by atoms with E-state index in [4.69, 9.17) is 9.47 Å². The number of benzene rings is 2. The first-order valence-electron chi connectivity index (χ1n) is 11.1. The van der Waals surface area contributed by atoms with Crippen molar-refractivity contribution in [2.24, 2.45) is 0 Å². The summed E-state index contributed by atoms with van der Waals surface area (Å²) in [4.78, 5) is 44.2. The summed E-state index contributed by atoms with van der Waals surface area (Å²) in [5.41, 5.74) is 1.48. The third-order valence-corrected chi connectivity index (χ3v) is 6.21. The predicted molar refractivity (Wildman–Crippen MR) is 137 cm³/mol. The standard InChI is InChI=1S/C27H23BrN2O6/c1-15(2)36-27(34)16-6-9-19(10-7-16)30-23(18-5-4-12-29-14-18)22(25(32)26(30)33)24(31)17-8-11-21(35-3)20(28)13-17/h4-15,23,31H,1-3H3/b24-22-. The number of hydrogen-bond donors (Lipinski definition) is 1. The predicted octanol–water partition coefficient (Wildman–Crippen LogP) is 5.04. The summed E-state index contributed by atoms with van der Waals surface area (Å²) >= 11 is 3.38. The van der Waals surface area contributed by atoms with Gasteiger partial charge in [0.15, 0.2) is 0 Å². The summed E-state index contributed by atoms with van der Waals surface area (Å²) in [5.74, 6) is -1.92. The van der Waals surface area contributed by atoms with Gasteiger partial charge in [-0.15, -0.1) is 0 Å². The van der Waals surface area contributed by atoms with E-state index in [9.17, 15) is 19.5 Å². The number of rotatable bonds is 6. The molecule has 0 aliphatic carbocycles. The van der Waals surface area contributed by atoms with Crippen molar-refractivity contribution in [3.05, 3.63) is 93.7 Å². The SMILES string of the molecule is COc1ccc(/C(O)=C2/C(=O)C(=O)N(c3ccc(C(=O)OC(C)C)cc3)C2c2cccnc2)cc1Br. The molecule has 0 spiro atoms. The van der Waals surface area contributed by atoms with Gasteiger partial charge in [-0.3, -0.25) is 19.5 Å². The molecule has 4 rings (SSSR count). The molecule has 2 heterocycles. The van der Waals surface area contributed by atoms with Crippen molar-refractivity contribution in [3.8, 4) is 5.75 Å². The second-order valence-corrected chi connectivity index (χ2v) is 9.16. The minimum Gasteiger partial charge on any atom is -0.507 e. The Hall–Kier alpha value is -3.98. The number of amides is 1. The number of ether oxygens (including phenoxy) is 2. The maximum Gasteiger partial charge on any atom is 0.338 e. The molecular weight excluding hydrogens is 528 g/mol. The summed E-state index contributed by atoms with van der Waals surface area (Å²) in [5, 5.41) is 11.2. The molecule has 8 nitrogen and oxygen atoms in total. The second-order valence-electron chi connectivity index (χ2n) is 8.31. The largest absolute Gasteiger partial charge is 0.507 e. The number of anilines is 1. The molecule has 0 radical (unpaired) electrons. The highest BCUT2D eigenvalue weighted by Gasteiger charge is 2.47. The minimum atomic E-state index is -0.937. The lowest BCUT2D eigenvalue weighted by Crippen LogP contribution is -2.29. The molecule has 1 unspecified atom stereocenters. The third-order valence-electron chi connectivity index (χ3n) is 5.59. The van der Waals surface area contributed by atoms with Gasteiger partial charge in [-0.2, -0.15) is 0 Å². The van der Waals surface area contributed by atoms with E-state index in [2.05, 4.69) is 20.9 Å². The molecule has 1 fully saturated rings. The van der Waals surface area contributed by atoms with Crippen LogP contribution in [0.15, 0.2) is 77.0 Å². The number of halogens is 1. The quantitative estimate of drug-likeness (QED) is 0.198. The number of aliphatic hydroxyl groups is 1. The zero-order valence-corrected chi connectivity index (χ0v) is 21.4. The monoisotopic (exact) mass is 550 g/mol. The molecule has 36 heavy (non-hydrogen) atoms. The van der Waals surface area contributed by atoms with E-state index in [1.54, 1.807) is 62.5 Å². The van der Waals surface area contributed by atoms with Crippen LogP contribution in [0, 0.1) is 0 Å². The first-order valence-corrected chi connectivity index (χ1v) is 11.9. The zero-order chi connectivity index (χ0) is 26.0. The number of Topliss-reactive ketones (excluding diaryl/α,β-unsaturated/α-hetero) is 1. The highest BCUT2D eigenvalue weighted by molar-refractivity contribution is 9.10. The second kappa shape index (κ2) is 10.3. The lowest BCUT2D eigenvalue weighted by atomic mass is 9.96. The molecule has 1 N–H and O–H groups in total. The number of carbonyl (C=O) groups is 3. The molecule has 0 saturated carbocycles. The topological polar surface area (TPSA) is 106 Å². The fourth-order valence-electron chi connectivity index (χ4n) is 3.96. The Kier molecular flexibility index (Phi) is 7.21. The van der Waals surface area contributed by atoms with Crippen molar-refractivity contribution in [2.45, 2.75) is 26.0 Å². The van der Waals surface area contributed by atoms with Gasteiger partial charge >= 0.3 is 5.97 Å². The van der Waals surface area contributed by atoms with Crippen LogP contribution in [0.25, 0.3) is 5.76 Å². The van der Waals surface area contributed by atoms with Gasteiger partial charge in [0, 0.05) is 23.6 Å². The fourth-order valence-corrected chi connectivity index (χ4v) is 4.50. The number of hydrogen-bond acceptors (Lipinski definition) is 7. The van der Waals surface area contributed by atoms with E-state index in [1.807, 2.05) is 0 Å². The van der Waals surface area contributed by atoms with E-state index in [-0.39, 0.29) is 17.4 Å². The number of pyridine rings is 1. The molecule has 1 aliphatic heterocycles. The van der Waals surface area contributed by atoms with Crippen molar-refractivity contribution >= 4 is 45.0 Å². The molecule has 1 amide bonds. The highest BCUT2D eigenvalue weighted by atomic mass is 79.9. The molecule has 3 aromatic rings. The van der Waals surface area contributed by atoms with Crippen LogP contribution in [0.1, 0.15) is 41.4 Å². The maximum atomic E-state index is 13.3. The first-order chi connectivity index (χ1) is 17.2. The third kappa shape index (κ3) is 4.74. The summed E-state index contributed by atoms with van der Waals surface area (Å²) in [6, 6.07) is 13.5. The Morgan fingerprint density at radius 2 is 1.78 bits per heavy atom. The number of aromatic nitrogens is 1. The molecule has 0 bridgehead atoms. The summed E-state index contributed by atoms with van der Waals surface area (Å²) < 4.78 is 11.0. The van der Waals surface area contributed by atoms with Crippen LogP contribution in [0.4, 0.5) is 5.69 Å². The van der Waals surface area contributed by atoms with Gasteiger partial charge in [-0.05, 0) is 83.9 Å². The molecule has 9 heteroatoms. The smallest absolute Gasteiger partial charge is 0.338 e. The lowest BCUT2D eigenvalue weighted by Gasteiger charge is -2.25. The summed E-state index contributed by atoms with van der Waals surface area (Å²) in [6.45, 7) is 3.50. The van der Waals surface area contributed by atoms with E-state index in [0.29, 0.717) is 32.6 Å². The Labute approximate surface area is 216 Å². The molecule has 184 valence electrons. The summed E-state index contributed by atoms with van der Waals surface area (Å²) in [7, 11) is 1.52. The van der Waals surface area contributed by atoms with Gasteiger partial charge in [0.25, 0.3) is 11.7 Å². The van der Waals surface area contributed by atoms with Crippen molar-refractivity contribution in [2.75, 3.05) is 12.0 Å². The van der Waals surface area contributed by atoms with Crippen molar-refractivity contribution < 1.29 is 29.0 Å². The Bertz CT molecular complexity index is 1350. The average molecular weight is 551 g/mol. The fraction of sp³-hybridized carbons (Fsp3) is 0.185. The van der Waals surface area contributed by atoms with Crippen LogP contribution in [0.5, 0.6) is 5.75 Å². The van der Waals surface area contributed by atoms with Gasteiger partial charge in [0.05, 0.1) is 34.9 Å². The van der Waals surface area contributed by atoms with Gasteiger partial charge in [0.1, 0.15) is 11.5 Å². The van der Waals surface area contributed by atoms with Gasteiger partial charge in [0.2, 0.25) is 0 Å². The first kappa shape index (κ1) is 25.1. The number of carbonyl (C=O) groups excluding carboxylic acids is 3. The van der Waals surface area contributed by atoms with Crippen LogP contribution < -0.4 is 9.64 Å². The lowest BCUT2D eigenvalue weighted by molar-refractivity contribution is -0.132. The van der Waals surface area contributed by atoms with Crippen LogP contribution in [0.3, 0.4) is 0 Å². The van der Waals surface area contributed by atoms with Crippen LogP contribution in [-0.2, 0) is 14.3 Å².